The Labute approximate surface area is 270 Å². The number of phenols is 1. The number of aryl methyl sites for hydroxylation is 1. The molecule has 0 unspecified atom stereocenters. The minimum Gasteiger partial charge on any atom is -0.505 e. The Hall–Kier alpha value is -3.89. The summed E-state index contributed by atoms with van der Waals surface area (Å²) in [5, 5.41) is 28.3. The molecule has 7 atom stereocenters. The molecular formula is C36H46N2O8. The lowest BCUT2D eigenvalue weighted by Crippen LogP contribution is -2.43. The lowest BCUT2D eigenvalue weighted by atomic mass is 9.86. The molecule has 1 aromatic rings. The first kappa shape index (κ1) is 33.5. The van der Waals surface area contributed by atoms with Crippen molar-refractivity contribution < 1.29 is 38.8 Å². The number of fused-ring (bicyclic) bond motifs is 8. The molecule has 0 saturated carbocycles. The zero-order valence-corrected chi connectivity index (χ0v) is 27.1. The summed E-state index contributed by atoms with van der Waals surface area (Å²) in [4.78, 5) is 38.7. The second-order valence-electron chi connectivity index (χ2n) is 12.8. The Kier molecular flexibility index (Phi) is 10.7. The van der Waals surface area contributed by atoms with E-state index in [1.165, 1.54) is 0 Å². The van der Waals surface area contributed by atoms with E-state index in [0.717, 1.165) is 19.3 Å². The van der Waals surface area contributed by atoms with Crippen molar-refractivity contribution in [2.75, 3.05) is 12.4 Å². The normalized spacial score (nSPS) is 31.1. The van der Waals surface area contributed by atoms with E-state index in [4.69, 9.17) is 14.2 Å². The van der Waals surface area contributed by atoms with Crippen molar-refractivity contribution in [3.05, 3.63) is 64.8 Å². The Morgan fingerprint density at radius 3 is 2.67 bits per heavy atom. The third-order valence-corrected chi connectivity index (χ3v) is 9.57. The van der Waals surface area contributed by atoms with Gasteiger partial charge in [0.1, 0.15) is 35.9 Å². The number of esters is 1. The number of carbonyl (C=O) groups excluding carboxylic acids is 3. The summed E-state index contributed by atoms with van der Waals surface area (Å²) in [6.45, 7) is 5.28. The van der Waals surface area contributed by atoms with Gasteiger partial charge in [-0.1, -0.05) is 43.4 Å². The molecule has 2 heterocycles. The SMILES string of the molecule is CO[C@@H]1CC(=O)Nc2c(O)c3cc4c2[C@H](/C=C/C=C/C[C@H](OC(=O)[C@@H](C)NC(=O)C2=CCCCC2)[C@H](C)[C@@H](O)/C(C)=C\CC3)[C@H]1O4. The summed E-state index contributed by atoms with van der Waals surface area (Å²) in [5.41, 5.74) is 3.10. The molecule has 1 aromatic carbocycles. The molecule has 0 saturated heterocycles. The van der Waals surface area contributed by atoms with Crippen LogP contribution in [0.1, 0.15) is 82.8 Å². The zero-order valence-electron chi connectivity index (χ0n) is 27.1. The van der Waals surface area contributed by atoms with Crippen molar-refractivity contribution in [1.82, 2.24) is 5.32 Å². The van der Waals surface area contributed by atoms with Crippen molar-refractivity contribution >= 4 is 23.5 Å². The van der Waals surface area contributed by atoms with Crippen LogP contribution < -0.4 is 15.4 Å². The fraction of sp³-hybridized carbons (Fsp3) is 0.528. The number of benzene rings is 1. The highest BCUT2D eigenvalue weighted by Crippen LogP contribution is 2.51. The van der Waals surface area contributed by atoms with Crippen LogP contribution in [0.4, 0.5) is 5.69 Å². The number of allylic oxidation sites excluding steroid dienone is 4. The van der Waals surface area contributed by atoms with Crippen molar-refractivity contribution in [3.63, 3.8) is 0 Å². The third kappa shape index (κ3) is 7.23. The van der Waals surface area contributed by atoms with Gasteiger partial charge < -0.3 is 35.1 Å². The van der Waals surface area contributed by atoms with Crippen molar-refractivity contribution in [1.29, 1.82) is 0 Å². The molecule has 0 fully saturated rings. The van der Waals surface area contributed by atoms with E-state index in [2.05, 4.69) is 10.6 Å². The Morgan fingerprint density at radius 1 is 1.13 bits per heavy atom. The maximum absolute atomic E-state index is 13.2. The van der Waals surface area contributed by atoms with Crippen LogP contribution in [0.2, 0.25) is 0 Å². The second-order valence-corrected chi connectivity index (χ2v) is 12.8. The Balaban J connectivity index is 1.41. The first-order valence-corrected chi connectivity index (χ1v) is 16.4. The summed E-state index contributed by atoms with van der Waals surface area (Å²) in [5.74, 6) is -1.20. The Bertz CT molecular complexity index is 1460. The second kappa shape index (κ2) is 14.7. The molecular weight excluding hydrogens is 588 g/mol. The number of methoxy groups -OCH3 is 1. The van der Waals surface area contributed by atoms with Crippen molar-refractivity contribution in [2.45, 2.75) is 109 Å². The summed E-state index contributed by atoms with van der Waals surface area (Å²) < 4.78 is 18.0. The lowest BCUT2D eigenvalue weighted by molar-refractivity contribution is -0.156. The van der Waals surface area contributed by atoms with Gasteiger partial charge in [-0.2, -0.15) is 0 Å². The first-order chi connectivity index (χ1) is 22.1. The molecule has 10 nitrogen and oxygen atoms in total. The monoisotopic (exact) mass is 634 g/mol. The van der Waals surface area contributed by atoms with Gasteiger partial charge in [-0.05, 0) is 64.0 Å². The zero-order chi connectivity index (χ0) is 33.0. The first-order valence-electron chi connectivity index (χ1n) is 16.4. The van der Waals surface area contributed by atoms with Crippen LogP contribution in [-0.4, -0.2) is 65.6 Å². The van der Waals surface area contributed by atoms with Crippen LogP contribution >= 0.6 is 0 Å². The molecule has 4 N–H and O–H groups in total. The van der Waals surface area contributed by atoms with Gasteiger partial charge in [0.2, 0.25) is 11.8 Å². The molecule has 0 radical (unpaired) electrons. The van der Waals surface area contributed by atoms with Crippen molar-refractivity contribution in [3.8, 4) is 11.5 Å². The molecule has 248 valence electrons. The molecule has 2 amide bonds. The summed E-state index contributed by atoms with van der Waals surface area (Å²) in [6, 6.07) is 0.979. The number of aromatic hydroxyl groups is 1. The highest BCUT2D eigenvalue weighted by molar-refractivity contribution is 5.96. The number of rotatable bonds is 5. The lowest BCUT2D eigenvalue weighted by Gasteiger charge is -2.29. The molecule has 2 aliphatic heterocycles. The van der Waals surface area contributed by atoms with E-state index in [1.807, 2.05) is 56.4 Å². The van der Waals surface area contributed by atoms with E-state index < -0.39 is 42.3 Å². The quantitative estimate of drug-likeness (QED) is 0.204. The highest BCUT2D eigenvalue weighted by atomic mass is 16.5. The van der Waals surface area contributed by atoms with Crippen LogP contribution in [0, 0.1) is 5.92 Å². The average Bonchev–Trinajstić information content (AvgIpc) is 3.42. The van der Waals surface area contributed by atoms with Gasteiger partial charge >= 0.3 is 5.97 Å². The van der Waals surface area contributed by atoms with Crippen LogP contribution in [0.15, 0.2) is 53.7 Å². The van der Waals surface area contributed by atoms with E-state index >= 15 is 0 Å². The average molecular weight is 635 g/mol. The summed E-state index contributed by atoms with van der Waals surface area (Å²) >= 11 is 0. The van der Waals surface area contributed by atoms with E-state index in [-0.39, 0.29) is 29.9 Å². The van der Waals surface area contributed by atoms with Gasteiger partial charge in [0, 0.05) is 42.1 Å². The number of ether oxygens (including phenoxy) is 3. The fourth-order valence-corrected chi connectivity index (χ4v) is 6.75. The fourth-order valence-electron chi connectivity index (χ4n) is 6.75. The molecule has 46 heavy (non-hydrogen) atoms. The minimum absolute atomic E-state index is 0.0124. The molecule has 0 aromatic heterocycles. The number of aliphatic hydroxyl groups is 1. The topological polar surface area (TPSA) is 143 Å². The number of carbonyl (C=O) groups is 3. The number of hydrogen-bond donors (Lipinski definition) is 4. The van der Waals surface area contributed by atoms with Crippen LogP contribution in [0.3, 0.4) is 0 Å². The van der Waals surface area contributed by atoms with Crippen molar-refractivity contribution in [2.24, 2.45) is 5.92 Å². The maximum atomic E-state index is 13.2. The molecule has 6 rings (SSSR count). The predicted octanol–water partition coefficient (Wildman–Crippen LogP) is 4.90. The third-order valence-electron chi connectivity index (χ3n) is 9.57. The smallest absolute Gasteiger partial charge is 0.328 e. The number of aliphatic hydroxyl groups excluding tert-OH is 1. The predicted molar refractivity (Wildman–Crippen MR) is 173 cm³/mol. The number of phenolic OH excluding ortho intramolecular Hbond substituents is 1. The number of anilines is 1. The van der Waals surface area contributed by atoms with Crippen LogP contribution in [0.25, 0.3) is 0 Å². The maximum Gasteiger partial charge on any atom is 0.328 e. The van der Waals surface area contributed by atoms with Crippen LogP contribution in [0.5, 0.6) is 11.5 Å². The van der Waals surface area contributed by atoms with Crippen LogP contribution in [-0.2, 0) is 30.3 Å². The largest absolute Gasteiger partial charge is 0.505 e. The number of amides is 2. The van der Waals surface area contributed by atoms with Gasteiger partial charge in [-0.25, -0.2) is 4.79 Å². The summed E-state index contributed by atoms with van der Waals surface area (Å²) in [7, 11) is 1.56. The number of hydrogen-bond acceptors (Lipinski definition) is 8. The standard InChI is InChI=1S/C36H46N2O8/c1-20-12-11-15-24-18-27-30-25(34(45-27)28(44-4)19-29(39)38-31(30)33(24)41)16-9-6-10-17-26(21(2)32(20)40)46-36(43)22(3)37-35(42)23-13-7-5-8-14-23/h6,9-10,12-13,16,18,21-22,25-26,28,32,34,40-41H,5,7-8,11,14-15,17,19H2,1-4H3,(H,37,42)(H,38,39)/b10-6+,16-9+,20-12-/t21-,22+,25-,26-,28+,32-,34+/m0/s1. The van der Waals surface area contributed by atoms with E-state index in [0.29, 0.717) is 59.4 Å². The van der Waals surface area contributed by atoms with E-state index in [1.54, 1.807) is 14.0 Å². The highest BCUT2D eigenvalue weighted by Gasteiger charge is 2.44. The summed E-state index contributed by atoms with van der Waals surface area (Å²) in [6.07, 6.45) is 13.8. The minimum atomic E-state index is -0.899. The molecule has 10 heteroatoms. The number of nitrogens with one attached hydrogen (secondary N) is 2. The Morgan fingerprint density at radius 2 is 1.93 bits per heavy atom. The van der Waals surface area contributed by atoms with Gasteiger partial charge in [0.25, 0.3) is 0 Å². The molecule has 0 spiro atoms. The van der Waals surface area contributed by atoms with Gasteiger partial charge in [-0.15, -0.1) is 0 Å². The molecule has 5 aliphatic rings. The van der Waals surface area contributed by atoms with Gasteiger partial charge in [0.05, 0.1) is 18.2 Å². The molecule has 3 aliphatic carbocycles. The van der Waals surface area contributed by atoms with Gasteiger partial charge in [0.15, 0.2) is 0 Å². The van der Waals surface area contributed by atoms with E-state index in [9.17, 15) is 24.6 Å². The molecule has 6 bridgehead atoms. The van der Waals surface area contributed by atoms with Gasteiger partial charge in [-0.3, -0.25) is 9.59 Å².